The molecule has 0 radical (unpaired) electrons. The van der Waals surface area contributed by atoms with Crippen molar-refractivity contribution in [2.24, 2.45) is 0 Å². The Bertz CT molecular complexity index is 745. The lowest BCUT2D eigenvalue weighted by Crippen LogP contribution is -2.01. The van der Waals surface area contributed by atoms with Gasteiger partial charge >= 0.3 is 23.9 Å². The highest BCUT2D eigenvalue weighted by Crippen LogP contribution is 2.05. The highest BCUT2D eigenvalue weighted by Gasteiger charge is 2.07. The first-order valence-corrected chi connectivity index (χ1v) is 7.35. The molecule has 2 aromatic rings. The first kappa shape index (κ1) is 26.0. The molecule has 0 aromatic heterocycles. The van der Waals surface area contributed by atoms with E-state index in [1.807, 2.05) is 0 Å². The third-order valence-corrected chi connectivity index (χ3v) is 2.74. The summed E-state index contributed by atoms with van der Waals surface area (Å²) in [6, 6.07) is 10.2. The number of rotatable bonds is 4. The van der Waals surface area contributed by atoms with Crippen molar-refractivity contribution >= 4 is 23.9 Å². The molecule has 0 amide bonds. The predicted molar refractivity (Wildman–Crippen MR) is 103 cm³/mol. The average molecular weight is 388 g/mol. The van der Waals surface area contributed by atoms with Crippen LogP contribution in [0.5, 0.6) is 0 Å². The van der Waals surface area contributed by atoms with Crippen LogP contribution in [-0.2, 0) is 0 Å². The molecule has 0 heterocycles. The van der Waals surface area contributed by atoms with Crippen molar-refractivity contribution in [2.45, 2.75) is 0 Å². The molecule has 148 valence electrons. The molecule has 0 fully saturated rings. The van der Waals surface area contributed by atoms with Gasteiger partial charge in [-0.15, -0.1) is 26.3 Å². The second-order valence-electron chi connectivity index (χ2n) is 4.38. The van der Waals surface area contributed by atoms with Crippen LogP contribution in [0.2, 0.25) is 0 Å². The van der Waals surface area contributed by atoms with Gasteiger partial charge in [-0.05, 0) is 42.5 Å². The van der Waals surface area contributed by atoms with E-state index in [2.05, 4.69) is 26.3 Å². The molecule has 0 saturated heterocycles. The Kier molecular flexibility index (Phi) is 13.0. The van der Waals surface area contributed by atoms with Crippen LogP contribution in [0, 0.1) is 0 Å². The van der Waals surface area contributed by atoms with Gasteiger partial charge in [-0.3, -0.25) is 0 Å². The molecule has 2 rings (SSSR count). The van der Waals surface area contributed by atoms with E-state index in [-0.39, 0.29) is 22.3 Å². The van der Waals surface area contributed by atoms with E-state index in [9.17, 15) is 19.2 Å². The van der Waals surface area contributed by atoms with E-state index in [1.165, 1.54) is 42.5 Å². The number of aromatic carboxylic acids is 4. The molecule has 4 N–H and O–H groups in total. The van der Waals surface area contributed by atoms with Crippen LogP contribution in [0.15, 0.2) is 74.8 Å². The summed E-state index contributed by atoms with van der Waals surface area (Å²) < 4.78 is 0. The van der Waals surface area contributed by atoms with Gasteiger partial charge in [-0.2, -0.15) is 0 Å². The van der Waals surface area contributed by atoms with Gasteiger partial charge in [0.25, 0.3) is 0 Å². The molecule has 0 aliphatic carbocycles. The van der Waals surface area contributed by atoms with Gasteiger partial charge in [-0.25, -0.2) is 19.2 Å². The molecular formula is C20H20O8. The van der Waals surface area contributed by atoms with Crippen LogP contribution >= 0.6 is 0 Å². The van der Waals surface area contributed by atoms with Crippen molar-refractivity contribution in [3.8, 4) is 0 Å². The number of carbonyl (C=O) groups is 4. The Balaban J connectivity index is 0. The van der Waals surface area contributed by atoms with Crippen molar-refractivity contribution in [1.29, 1.82) is 0 Å². The molecule has 2 aromatic carbocycles. The Hall–Kier alpha value is -4.20. The van der Waals surface area contributed by atoms with Crippen LogP contribution in [0.1, 0.15) is 41.4 Å². The highest BCUT2D eigenvalue weighted by atomic mass is 16.4. The number of hydrogen-bond acceptors (Lipinski definition) is 4. The van der Waals surface area contributed by atoms with Crippen LogP contribution in [0.3, 0.4) is 0 Å². The fraction of sp³-hybridized carbons (Fsp3) is 0. The Labute approximate surface area is 161 Å². The number of hydrogen-bond donors (Lipinski definition) is 4. The third kappa shape index (κ3) is 9.33. The van der Waals surface area contributed by atoms with Crippen LogP contribution in [0.4, 0.5) is 0 Å². The maximum Gasteiger partial charge on any atom is 0.335 e. The van der Waals surface area contributed by atoms with Gasteiger partial charge in [0.1, 0.15) is 0 Å². The monoisotopic (exact) mass is 388 g/mol. The van der Waals surface area contributed by atoms with E-state index in [4.69, 9.17) is 20.4 Å². The molecular weight excluding hydrogens is 368 g/mol. The van der Waals surface area contributed by atoms with Crippen molar-refractivity contribution in [3.63, 3.8) is 0 Å². The molecule has 8 heteroatoms. The smallest absolute Gasteiger partial charge is 0.335 e. The SMILES string of the molecule is C=C.C=C.O=C(O)c1ccc(C(=O)O)cc1.O=C(O)c1cccc(C(=O)O)c1. The summed E-state index contributed by atoms with van der Waals surface area (Å²) >= 11 is 0. The standard InChI is InChI=1S/2C8H6O4.2C2H4/c9-7(10)5-1-2-6(4-3-5)8(11)12;9-7(10)5-2-1-3-6(4-5)8(11)12;2*1-2/h2*1-4H,(H,9,10)(H,11,12);2*1-2H2. The molecule has 0 unspecified atom stereocenters. The van der Waals surface area contributed by atoms with Crippen LogP contribution < -0.4 is 0 Å². The van der Waals surface area contributed by atoms with Gasteiger partial charge < -0.3 is 20.4 Å². The van der Waals surface area contributed by atoms with E-state index in [1.54, 1.807) is 0 Å². The fourth-order valence-electron chi connectivity index (χ4n) is 1.54. The Morgan fingerprint density at radius 2 is 0.750 bits per heavy atom. The summed E-state index contributed by atoms with van der Waals surface area (Å²) in [5.41, 5.74) is 0.129. The molecule has 0 spiro atoms. The van der Waals surface area contributed by atoms with E-state index in [0.717, 1.165) is 6.07 Å². The van der Waals surface area contributed by atoms with Gasteiger partial charge in [-0.1, -0.05) is 6.07 Å². The number of carboxylic acid groups (broad SMARTS) is 4. The zero-order chi connectivity index (χ0) is 22.3. The quantitative estimate of drug-likeness (QED) is 0.578. The molecule has 0 aliphatic rings. The summed E-state index contributed by atoms with van der Waals surface area (Å²) in [6.07, 6.45) is 0. The average Bonchev–Trinajstić information content (AvgIpc) is 2.71. The van der Waals surface area contributed by atoms with Crippen molar-refractivity contribution in [1.82, 2.24) is 0 Å². The minimum Gasteiger partial charge on any atom is -0.478 e. The van der Waals surface area contributed by atoms with Crippen molar-refractivity contribution in [3.05, 3.63) is 97.1 Å². The van der Waals surface area contributed by atoms with E-state index >= 15 is 0 Å². The Morgan fingerprint density at radius 3 is 0.964 bits per heavy atom. The normalized spacial score (nSPS) is 8.29. The first-order valence-electron chi connectivity index (χ1n) is 7.35. The first-order chi connectivity index (χ1) is 13.2. The topological polar surface area (TPSA) is 149 Å². The maximum atomic E-state index is 10.4. The highest BCUT2D eigenvalue weighted by molar-refractivity contribution is 5.93. The molecule has 8 nitrogen and oxygen atoms in total. The second kappa shape index (κ2) is 14.0. The summed E-state index contributed by atoms with van der Waals surface area (Å²) in [7, 11) is 0. The zero-order valence-electron chi connectivity index (χ0n) is 14.9. The van der Waals surface area contributed by atoms with Crippen molar-refractivity contribution < 1.29 is 39.6 Å². The van der Waals surface area contributed by atoms with Gasteiger partial charge in [0.2, 0.25) is 0 Å². The van der Waals surface area contributed by atoms with Crippen molar-refractivity contribution in [2.75, 3.05) is 0 Å². The zero-order valence-corrected chi connectivity index (χ0v) is 14.9. The predicted octanol–water partition coefficient (Wildman–Crippen LogP) is 3.77. The summed E-state index contributed by atoms with van der Waals surface area (Å²) in [5.74, 6) is -4.38. The molecule has 0 atom stereocenters. The molecule has 0 aliphatic heterocycles. The second-order valence-corrected chi connectivity index (χ2v) is 4.38. The molecule has 0 saturated carbocycles. The molecule has 0 bridgehead atoms. The third-order valence-electron chi connectivity index (χ3n) is 2.74. The lowest BCUT2D eigenvalue weighted by molar-refractivity contribution is 0.0681. The maximum absolute atomic E-state index is 10.4. The number of carboxylic acids is 4. The summed E-state index contributed by atoms with van der Waals surface area (Å²) in [5, 5.41) is 33.9. The van der Waals surface area contributed by atoms with Gasteiger partial charge in [0.05, 0.1) is 22.3 Å². The van der Waals surface area contributed by atoms with Crippen LogP contribution in [-0.4, -0.2) is 44.3 Å². The van der Waals surface area contributed by atoms with E-state index < -0.39 is 23.9 Å². The minimum atomic E-state index is -1.13. The fourth-order valence-corrected chi connectivity index (χ4v) is 1.54. The summed E-state index contributed by atoms with van der Waals surface area (Å²) in [6.45, 7) is 12.0. The Morgan fingerprint density at radius 1 is 0.500 bits per heavy atom. The van der Waals surface area contributed by atoms with E-state index in [0.29, 0.717) is 0 Å². The minimum absolute atomic E-state index is 0.0186. The lowest BCUT2D eigenvalue weighted by atomic mass is 10.1. The van der Waals surface area contributed by atoms with Gasteiger partial charge in [0.15, 0.2) is 0 Å². The van der Waals surface area contributed by atoms with Crippen LogP contribution in [0.25, 0.3) is 0 Å². The molecule has 28 heavy (non-hydrogen) atoms. The van der Waals surface area contributed by atoms with Gasteiger partial charge in [0, 0.05) is 0 Å². The largest absolute Gasteiger partial charge is 0.478 e. The lowest BCUT2D eigenvalue weighted by Gasteiger charge is -1.95. The number of benzene rings is 2. The summed E-state index contributed by atoms with van der Waals surface area (Å²) in [4.78, 5) is 41.4.